The lowest BCUT2D eigenvalue weighted by Crippen LogP contribution is -2.13. The summed E-state index contributed by atoms with van der Waals surface area (Å²) in [5.41, 5.74) is 2.65. The number of carbonyl (C=O) groups is 1. The van der Waals surface area contributed by atoms with Crippen LogP contribution in [-0.2, 0) is 0 Å². The molecule has 2 rings (SSSR count). The van der Waals surface area contributed by atoms with Gasteiger partial charge in [-0.05, 0) is 36.9 Å². The molecule has 2 aromatic carbocycles. The third kappa shape index (κ3) is 2.74. The first-order valence-corrected chi connectivity index (χ1v) is 6.95. The van der Waals surface area contributed by atoms with E-state index in [9.17, 15) is 4.79 Å². The van der Waals surface area contributed by atoms with Crippen molar-refractivity contribution in [1.29, 1.82) is 0 Å². The highest BCUT2D eigenvalue weighted by molar-refractivity contribution is 7.98. The first-order valence-electron chi connectivity index (χ1n) is 5.72. The highest BCUT2D eigenvalue weighted by Crippen LogP contribution is 2.28. The van der Waals surface area contributed by atoms with E-state index in [1.165, 1.54) is 0 Å². The van der Waals surface area contributed by atoms with Gasteiger partial charge in [-0.15, -0.1) is 11.8 Å². The Bertz CT molecular complexity index is 552. The molecule has 1 amide bonds. The largest absolute Gasteiger partial charge is 0.321 e. The average molecular weight is 257 g/mol. The van der Waals surface area contributed by atoms with E-state index in [1.54, 1.807) is 11.8 Å². The molecule has 0 heterocycles. The molecule has 0 saturated carbocycles. The zero-order valence-corrected chi connectivity index (χ0v) is 11.3. The Kier molecular flexibility index (Phi) is 4.05. The minimum atomic E-state index is -0.0693. The molecule has 0 saturated heterocycles. The van der Waals surface area contributed by atoms with E-state index in [1.807, 2.05) is 61.7 Å². The molecular weight excluding hydrogens is 242 g/mol. The molecule has 18 heavy (non-hydrogen) atoms. The fourth-order valence-electron chi connectivity index (χ4n) is 1.75. The summed E-state index contributed by atoms with van der Waals surface area (Å²) in [5, 5.41) is 2.99. The topological polar surface area (TPSA) is 29.1 Å². The monoisotopic (exact) mass is 257 g/mol. The predicted octanol–water partition coefficient (Wildman–Crippen LogP) is 3.97. The first kappa shape index (κ1) is 12.7. The fourth-order valence-corrected chi connectivity index (χ4v) is 2.38. The van der Waals surface area contributed by atoms with Gasteiger partial charge in [-0.1, -0.05) is 30.3 Å². The van der Waals surface area contributed by atoms with Gasteiger partial charge in [-0.25, -0.2) is 0 Å². The van der Waals surface area contributed by atoms with Crippen LogP contribution in [0, 0.1) is 6.92 Å². The van der Waals surface area contributed by atoms with Crippen molar-refractivity contribution < 1.29 is 4.79 Å². The minimum Gasteiger partial charge on any atom is -0.321 e. The lowest BCUT2D eigenvalue weighted by Gasteiger charge is -2.12. The summed E-state index contributed by atoms with van der Waals surface area (Å²) >= 11 is 1.63. The van der Waals surface area contributed by atoms with Crippen molar-refractivity contribution in [2.24, 2.45) is 0 Å². The van der Waals surface area contributed by atoms with Crippen molar-refractivity contribution in [3.63, 3.8) is 0 Å². The molecule has 0 aromatic heterocycles. The summed E-state index contributed by atoms with van der Waals surface area (Å²) in [6, 6.07) is 15.3. The third-order valence-electron chi connectivity index (χ3n) is 2.73. The van der Waals surface area contributed by atoms with Gasteiger partial charge >= 0.3 is 0 Å². The van der Waals surface area contributed by atoms with Crippen LogP contribution >= 0.6 is 11.8 Å². The minimum absolute atomic E-state index is 0.0693. The van der Waals surface area contributed by atoms with Crippen molar-refractivity contribution in [3.8, 4) is 0 Å². The molecule has 0 unspecified atom stereocenters. The zero-order valence-electron chi connectivity index (χ0n) is 10.4. The molecule has 2 aromatic rings. The number of carbonyl (C=O) groups excluding carboxylic acids is 1. The Morgan fingerprint density at radius 1 is 1.06 bits per heavy atom. The molecule has 0 spiro atoms. The van der Waals surface area contributed by atoms with Crippen LogP contribution in [0.5, 0.6) is 0 Å². The van der Waals surface area contributed by atoms with Crippen molar-refractivity contribution in [3.05, 3.63) is 59.7 Å². The molecule has 0 aliphatic heterocycles. The second-order valence-electron chi connectivity index (χ2n) is 3.97. The van der Waals surface area contributed by atoms with Gasteiger partial charge < -0.3 is 5.32 Å². The van der Waals surface area contributed by atoms with Gasteiger partial charge in [-0.2, -0.15) is 0 Å². The average Bonchev–Trinajstić information content (AvgIpc) is 2.42. The van der Waals surface area contributed by atoms with Gasteiger partial charge in [0.05, 0.1) is 5.69 Å². The predicted molar refractivity (Wildman–Crippen MR) is 77.4 cm³/mol. The molecule has 2 nitrogen and oxygen atoms in total. The van der Waals surface area contributed by atoms with Crippen LogP contribution in [0.4, 0.5) is 5.69 Å². The van der Waals surface area contributed by atoms with Gasteiger partial charge in [0.2, 0.25) is 0 Å². The summed E-state index contributed by atoms with van der Waals surface area (Å²) in [5.74, 6) is -0.0693. The van der Waals surface area contributed by atoms with Crippen LogP contribution in [0.15, 0.2) is 53.4 Å². The van der Waals surface area contributed by atoms with E-state index in [2.05, 4.69) is 5.32 Å². The van der Waals surface area contributed by atoms with E-state index < -0.39 is 0 Å². The molecule has 0 aliphatic rings. The van der Waals surface area contributed by atoms with E-state index in [-0.39, 0.29) is 5.91 Å². The SMILES string of the molecule is CSc1cccc(C)c1NC(=O)c1ccccc1. The second kappa shape index (κ2) is 5.74. The van der Waals surface area contributed by atoms with Gasteiger partial charge in [0, 0.05) is 10.5 Å². The fraction of sp³-hybridized carbons (Fsp3) is 0.133. The number of hydrogen-bond donors (Lipinski definition) is 1. The Balaban J connectivity index is 2.27. The zero-order chi connectivity index (χ0) is 13.0. The Morgan fingerprint density at radius 2 is 1.78 bits per heavy atom. The first-order chi connectivity index (χ1) is 8.72. The highest BCUT2D eigenvalue weighted by atomic mass is 32.2. The van der Waals surface area contributed by atoms with Crippen LogP contribution in [0.2, 0.25) is 0 Å². The summed E-state index contributed by atoms with van der Waals surface area (Å²) in [6.45, 7) is 2.00. The van der Waals surface area contributed by atoms with Crippen LogP contribution in [0.25, 0.3) is 0 Å². The molecule has 0 atom stereocenters. The maximum absolute atomic E-state index is 12.1. The van der Waals surface area contributed by atoms with Crippen LogP contribution in [0.1, 0.15) is 15.9 Å². The van der Waals surface area contributed by atoms with E-state index >= 15 is 0 Å². The van der Waals surface area contributed by atoms with E-state index in [0.29, 0.717) is 5.56 Å². The summed E-state index contributed by atoms with van der Waals surface area (Å²) < 4.78 is 0. The van der Waals surface area contributed by atoms with Gasteiger partial charge in [0.1, 0.15) is 0 Å². The Labute approximate surface area is 111 Å². The molecule has 3 heteroatoms. The van der Waals surface area contributed by atoms with Crippen molar-refractivity contribution in [1.82, 2.24) is 0 Å². The lowest BCUT2D eigenvalue weighted by molar-refractivity contribution is 0.102. The van der Waals surface area contributed by atoms with Crippen LogP contribution < -0.4 is 5.32 Å². The maximum Gasteiger partial charge on any atom is 0.255 e. The van der Waals surface area contributed by atoms with Crippen molar-refractivity contribution >= 4 is 23.4 Å². The van der Waals surface area contributed by atoms with Crippen molar-refractivity contribution in [2.75, 3.05) is 11.6 Å². The molecule has 0 bridgehead atoms. The second-order valence-corrected chi connectivity index (χ2v) is 4.82. The smallest absolute Gasteiger partial charge is 0.255 e. The van der Waals surface area contributed by atoms with Crippen LogP contribution in [-0.4, -0.2) is 12.2 Å². The van der Waals surface area contributed by atoms with Gasteiger partial charge in [0.25, 0.3) is 5.91 Å². The molecule has 1 N–H and O–H groups in total. The summed E-state index contributed by atoms with van der Waals surface area (Å²) in [6.07, 6.45) is 2.01. The number of anilines is 1. The van der Waals surface area contributed by atoms with Crippen molar-refractivity contribution in [2.45, 2.75) is 11.8 Å². The summed E-state index contributed by atoms with van der Waals surface area (Å²) in [4.78, 5) is 13.2. The highest BCUT2D eigenvalue weighted by Gasteiger charge is 2.10. The maximum atomic E-state index is 12.1. The number of rotatable bonds is 3. The Morgan fingerprint density at radius 3 is 2.44 bits per heavy atom. The van der Waals surface area contributed by atoms with Gasteiger partial charge in [0.15, 0.2) is 0 Å². The molecular formula is C15H15NOS. The van der Waals surface area contributed by atoms with E-state index in [0.717, 1.165) is 16.1 Å². The quantitative estimate of drug-likeness (QED) is 0.843. The number of amides is 1. The standard InChI is InChI=1S/C15H15NOS/c1-11-7-6-10-13(18-2)14(11)16-15(17)12-8-4-3-5-9-12/h3-10H,1-2H3,(H,16,17). The lowest BCUT2D eigenvalue weighted by atomic mass is 10.1. The molecule has 0 fully saturated rings. The third-order valence-corrected chi connectivity index (χ3v) is 3.51. The number of para-hydroxylation sites is 1. The number of hydrogen-bond acceptors (Lipinski definition) is 2. The number of thioether (sulfide) groups is 1. The summed E-state index contributed by atoms with van der Waals surface area (Å²) in [7, 11) is 0. The molecule has 0 radical (unpaired) electrons. The number of nitrogens with one attached hydrogen (secondary N) is 1. The normalized spacial score (nSPS) is 10.1. The van der Waals surface area contributed by atoms with E-state index in [4.69, 9.17) is 0 Å². The van der Waals surface area contributed by atoms with Crippen LogP contribution in [0.3, 0.4) is 0 Å². The number of benzene rings is 2. The Hall–Kier alpha value is -1.74. The molecule has 92 valence electrons. The van der Waals surface area contributed by atoms with Gasteiger partial charge in [-0.3, -0.25) is 4.79 Å². The molecule has 0 aliphatic carbocycles. The number of aryl methyl sites for hydroxylation is 1.